The van der Waals surface area contributed by atoms with Gasteiger partial charge >= 0.3 is 18.2 Å². The molecule has 2 saturated heterocycles. The number of carbonyl (C=O) groups is 4. The molecule has 5 rings (SSSR count). The predicted octanol–water partition coefficient (Wildman–Crippen LogP) is 6.47. The molecule has 49 heavy (non-hydrogen) atoms. The minimum Gasteiger partial charge on any atom is -0.460 e. The van der Waals surface area contributed by atoms with Crippen LogP contribution in [0, 0.1) is 0 Å². The molecule has 0 aromatic heterocycles. The number of ether oxygens (including phenoxy) is 2. The summed E-state index contributed by atoms with van der Waals surface area (Å²) in [6.07, 6.45) is -2.38. The highest BCUT2D eigenvalue weighted by molar-refractivity contribution is 5.99. The van der Waals surface area contributed by atoms with Crippen molar-refractivity contribution in [2.45, 2.75) is 76.1 Å². The normalized spacial score (nSPS) is 20.8. The van der Waals surface area contributed by atoms with Crippen LogP contribution < -0.4 is 5.32 Å². The number of halogens is 3. The van der Waals surface area contributed by atoms with Crippen molar-refractivity contribution in [1.29, 1.82) is 0 Å². The molecule has 2 aliphatic heterocycles. The van der Waals surface area contributed by atoms with E-state index in [0.717, 1.165) is 23.3 Å². The van der Waals surface area contributed by atoms with E-state index in [9.17, 15) is 32.3 Å². The number of esters is 1. The average Bonchev–Trinajstić information content (AvgIpc) is 3.42. The van der Waals surface area contributed by atoms with Gasteiger partial charge < -0.3 is 19.7 Å². The molecule has 9 nitrogen and oxygen atoms in total. The van der Waals surface area contributed by atoms with Crippen molar-refractivity contribution in [3.8, 4) is 0 Å². The summed E-state index contributed by atoms with van der Waals surface area (Å²) in [5, 5.41) is 2.70. The molecule has 1 N–H and O–H groups in total. The number of benzene rings is 3. The van der Waals surface area contributed by atoms with Crippen molar-refractivity contribution in [1.82, 2.24) is 15.1 Å². The maximum Gasteiger partial charge on any atom is 0.416 e. The van der Waals surface area contributed by atoms with Crippen molar-refractivity contribution >= 4 is 30.0 Å². The van der Waals surface area contributed by atoms with Gasteiger partial charge in [0.1, 0.15) is 24.3 Å². The summed E-state index contributed by atoms with van der Waals surface area (Å²) in [5.41, 5.74) is -0.0645. The number of β-lactam (4-membered cyclic amide) rings is 1. The number of amides is 3. The molecule has 0 radical (unpaired) electrons. The molecular weight excluding hydrogens is 639 g/mol. The van der Waals surface area contributed by atoms with Crippen LogP contribution in [0.2, 0.25) is 0 Å². The second-order valence-corrected chi connectivity index (χ2v) is 13.0. The average molecular weight is 678 g/mol. The second kappa shape index (κ2) is 14.2. The molecule has 3 amide bonds. The van der Waals surface area contributed by atoms with Gasteiger partial charge in [0.05, 0.1) is 30.1 Å². The molecule has 0 aliphatic carbocycles. The first-order valence-corrected chi connectivity index (χ1v) is 15.9. The summed E-state index contributed by atoms with van der Waals surface area (Å²) in [7, 11) is 0. The van der Waals surface area contributed by atoms with Crippen LogP contribution in [0.15, 0.2) is 91.0 Å². The number of nitrogens with zero attached hydrogens (tertiary/aromatic N) is 2. The molecule has 0 bridgehead atoms. The lowest BCUT2D eigenvalue weighted by molar-refractivity contribution is -0.168. The molecule has 2 heterocycles. The fraction of sp³-hybridized carbons (Fsp3) is 0.351. The summed E-state index contributed by atoms with van der Waals surface area (Å²) in [5.74, 6) is -2.13. The first-order chi connectivity index (χ1) is 23.1. The Morgan fingerprint density at radius 1 is 0.980 bits per heavy atom. The number of rotatable bonds is 10. The van der Waals surface area contributed by atoms with E-state index in [2.05, 4.69) is 5.32 Å². The fourth-order valence-electron chi connectivity index (χ4n) is 6.04. The van der Waals surface area contributed by atoms with Crippen LogP contribution in [-0.2, 0) is 30.0 Å². The minimum absolute atomic E-state index is 0.0120. The number of nitrogens with one attached hydrogen (secondary N) is 1. The monoisotopic (exact) mass is 677 g/mol. The summed E-state index contributed by atoms with van der Waals surface area (Å²) in [6.45, 7) is 6.51. The van der Waals surface area contributed by atoms with Crippen LogP contribution in [0.1, 0.15) is 68.5 Å². The zero-order chi connectivity index (χ0) is 35.5. The van der Waals surface area contributed by atoms with Gasteiger partial charge in [-0.25, -0.2) is 4.79 Å². The smallest absolute Gasteiger partial charge is 0.416 e. The molecule has 0 saturated carbocycles. The standard InChI is InChI=1S/C37H38F3N3O6/c1-23(26-16-11-17-27(20-26)37(38,39)40)41-33(45)29(21-31(44)49-36(2,3)4)42-28(19-18-24-12-7-5-8-13-24)32(34(42)46)43-30(22-48-35(43)47)25-14-9-6-10-15-25/h5-20,23,28-30,32H,21-22H2,1-4H3,(H,41,45)/t23-,28?,29?,30-,32?/m1/s1. The molecule has 2 aliphatic rings. The Bertz CT molecular complexity index is 1710. The van der Waals surface area contributed by atoms with Gasteiger partial charge in [0.2, 0.25) is 11.8 Å². The zero-order valence-corrected chi connectivity index (χ0v) is 27.5. The molecule has 5 atom stereocenters. The predicted molar refractivity (Wildman–Crippen MR) is 175 cm³/mol. The van der Waals surface area contributed by atoms with E-state index in [1.165, 1.54) is 28.9 Å². The van der Waals surface area contributed by atoms with E-state index >= 15 is 0 Å². The molecule has 0 spiro atoms. The summed E-state index contributed by atoms with van der Waals surface area (Å²) in [4.78, 5) is 57.2. The Balaban J connectivity index is 1.50. The van der Waals surface area contributed by atoms with Crippen LogP contribution >= 0.6 is 0 Å². The van der Waals surface area contributed by atoms with E-state index in [-0.39, 0.29) is 12.2 Å². The topological polar surface area (TPSA) is 105 Å². The molecule has 3 aromatic rings. The number of hydrogen-bond acceptors (Lipinski definition) is 6. The fourth-order valence-corrected chi connectivity index (χ4v) is 6.04. The van der Waals surface area contributed by atoms with Crippen LogP contribution in [0.3, 0.4) is 0 Å². The van der Waals surface area contributed by atoms with E-state index in [1.807, 2.05) is 60.7 Å². The quantitative estimate of drug-likeness (QED) is 0.195. The molecule has 258 valence electrons. The number of alkyl halides is 3. The Morgan fingerprint density at radius 2 is 1.63 bits per heavy atom. The zero-order valence-electron chi connectivity index (χ0n) is 27.5. The third-order valence-electron chi connectivity index (χ3n) is 8.32. The summed E-state index contributed by atoms with van der Waals surface area (Å²) < 4.78 is 51.2. The van der Waals surface area contributed by atoms with E-state index in [1.54, 1.807) is 32.9 Å². The van der Waals surface area contributed by atoms with Crippen molar-refractivity contribution in [2.75, 3.05) is 6.61 Å². The SMILES string of the molecule is C[C@@H](NC(=O)C(CC(=O)OC(C)(C)C)N1C(=O)C(N2C(=O)OC[C@@H]2c2ccccc2)C1C=Cc1ccccc1)c1cccc(C(F)(F)F)c1. The van der Waals surface area contributed by atoms with E-state index < -0.39 is 77.8 Å². The van der Waals surface area contributed by atoms with Gasteiger partial charge in [0.15, 0.2) is 0 Å². The van der Waals surface area contributed by atoms with Gasteiger partial charge in [-0.1, -0.05) is 84.9 Å². The Hall–Kier alpha value is -5.13. The first kappa shape index (κ1) is 35.2. The van der Waals surface area contributed by atoms with Gasteiger partial charge in [0, 0.05) is 0 Å². The lowest BCUT2D eigenvalue weighted by Gasteiger charge is -2.52. The number of cyclic esters (lactones) is 1. The van der Waals surface area contributed by atoms with Crippen molar-refractivity contribution < 1.29 is 41.8 Å². The van der Waals surface area contributed by atoms with Crippen molar-refractivity contribution in [3.63, 3.8) is 0 Å². The maximum absolute atomic E-state index is 14.2. The van der Waals surface area contributed by atoms with Crippen LogP contribution in [0.4, 0.5) is 18.0 Å². The van der Waals surface area contributed by atoms with Gasteiger partial charge in [-0.15, -0.1) is 0 Å². The van der Waals surface area contributed by atoms with Crippen LogP contribution in [0.25, 0.3) is 6.08 Å². The third-order valence-corrected chi connectivity index (χ3v) is 8.32. The number of hydrogen-bond donors (Lipinski definition) is 1. The summed E-state index contributed by atoms with van der Waals surface area (Å²) in [6, 6.07) is 17.9. The molecule has 3 aromatic carbocycles. The Labute approximate surface area is 282 Å². The third kappa shape index (κ3) is 8.13. The number of carbonyl (C=O) groups excluding carboxylic acids is 4. The largest absolute Gasteiger partial charge is 0.460 e. The highest BCUT2D eigenvalue weighted by atomic mass is 19.4. The minimum atomic E-state index is -4.59. The highest BCUT2D eigenvalue weighted by Crippen LogP contribution is 2.39. The molecule has 2 fully saturated rings. The van der Waals surface area contributed by atoms with E-state index in [0.29, 0.717) is 0 Å². The Morgan fingerprint density at radius 3 is 2.27 bits per heavy atom. The molecule has 3 unspecified atom stereocenters. The highest BCUT2D eigenvalue weighted by Gasteiger charge is 2.58. The van der Waals surface area contributed by atoms with E-state index in [4.69, 9.17) is 9.47 Å². The van der Waals surface area contributed by atoms with Crippen molar-refractivity contribution in [3.05, 3.63) is 113 Å². The van der Waals surface area contributed by atoms with Crippen molar-refractivity contribution in [2.24, 2.45) is 0 Å². The first-order valence-electron chi connectivity index (χ1n) is 15.9. The maximum atomic E-state index is 14.2. The number of likely N-dealkylation sites (tertiary alicyclic amines) is 1. The van der Waals surface area contributed by atoms with Gasteiger partial charge in [0.25, 0.3) is 0 Å². The lowest BCUT2D eigenvalue weighted by atomic mass is 9.87. The molecule has 12 heteroatoms. The van der Waals surface area contributed by atoms with Gasteiger partial charge in [-0.2, -0.15) is 13.2 Å². The van der Waals surface area contributed by atoms with Gasteiger partial charge in [-0.05, 0) is 56.5 Å². The molecular formula is C37H38F3N3O6. The Kier molecular flexibility index (Phi) is 10.2. The van der Waals surface area contributed by atoms with Crippen LogP contribution in [-0.4, -0.2) is 64.0 Å². The second-order valence-electron chi connectivity index (χ2n) is 13.0. The lowest BCUT2D eigenvalue weighted by Crippen LogP contribution is -2.74. The van der Waals surface area contributed by atoms with Crippen LogP contribution in [0.5, 0.6) is 0 Å². The summed E-state index contributed by atoms with van der Waals surface area (Å²) >= 11 is 0. The van der Waals surface area contributed by atoms with Gasteiger partial charge in [-0.3, -0.25) is 19.3 Å².